The molecule has 98 valence electrons. The van der Waals surface area contributed by atoms with Gasteiger partial charge >= 0.3 is 5.69 Å². The Kier molecular flexibility index (Phi) is 3.33. The van der Waals surface area contributed by atoms with Crippen LogP contribution in [0.25, 0.3) is 0 Å². The molecule has 1 N–H and O–H groups in total. The number of amides is 1. The number of anilines is 1. The number of nitrogens with one attached hydrogen (secondary N) is 1. The second-order valence-corrected chi connectivity index (χ2v) is 4.32. The SMILES string of the molecule is Cn1c(NC(=O)C2CCOC2)cc(=O)n(C)c1=O. The highest BCUT2D eigenvalue weighted by Gasteiger charge is 2.24. The minimum atomic E-state index is -0.472. The molecule has 1 fully saturated rings. The first kappa shape index (κ1) is 12.6. The summed E-state index contributed by atoms with van der Waals surface area (Å²) >= 11 is 0. The Balaban J connectivity index is 2.27. The molecule has 7 heteroatoms. The molecule has 1 aromatic heterocycles. The standard InChI is InChI=1S/C11H15N3O4/c1-13-8(5-9(15)14(2)11(13)17)12-10(16)7-3-4-18-6-7/h5,7H,3-4,6H2,1-2H3,(H,12,16). The van der Waals surface area contributed by atoms with Gasteiger partial charge in [-0.1, -0.05) is 0 Å². The number of hydrogen-bond donors (Lipinski definition) is 1. The van der Waals surface area contributed by atoms with Gasteiger partial charge in [-0.25, -0.2) is 4.79 Å². The number of nitrogens with zero attached hydrogens (tertiary/aromatic N) is 2. The minimum Gasteiger partial charge on any atom is -0.381 e. The van der Waals surface area contributed by atoms with Crippen LogP contribution < -0.4 is 16.6 Å². The lowest BCUT2D eigenvalue weighted by Crippen LogP contribution is -2.38. The summed E-state index contributed by atoms with van der Waals surface area (Å²) in [6.07, 6.45) is 0.657. The van der Waals surface area contributed by atoms with Crippen molar-refractivity contribution >= 4 is 11.7 Å². The second-order valence-electron chi connectivity index (χ2n) is 4.32. The third-order valence-corrected chi connectivity index (χ3v) is 3.08. The first-order chi connectivity index (χ1) is 8.50. The molecule has 7 nitrogen and oxygen atoms in total. The monoisotopic (exact) mass is 253 g/mol. The molecule has 0 spiro atoms. The fourth-order valence-corrected chi connectivity index (χ4v) is 1.82. The summed E-state index contributed by atoms with van der Waals surface area (Å²) in [5.74, 6) is -0.236. The molecule has 2 rings (SSSR count). The van der Waals surface area contributed by atoms with Crippen LogP contribution in [0.5, 0.6) is 0 Å². The van der Waals surface area contributed by atoms with Crippen LogP contribution in [0.15, 0.2) is 15.7 Å². The van der Waals surface area contributed by atoms with Crippen molar-refractivity contribution in [2.24, 2.45) is 20.0 Å². The zero-order valence-electron chi connectivity index (χ0n) is 10.3. The van der Waals surface area contributed by atoms with E-state index >= 15 is 0 Å². The van der Waals surface area contributed by atoms with Crippen LogP contribution >= 0.6 is 0 Å². The third kappa shape index (κ3) is 2.21. The maximum absolute atomic E-state index is 11.9. The molecule has 18 heavy (non-hydrogen) atoms. The van der Waals surface area contributed by atoms with Gasteiger partial charge in [-0.2, -0.15) is 0 Å². The number of rotatable bonds is 2. The van der Waals surface area contributed by atoms with E-state index in [9.17, 15) is 14.4 Å². The summed E-state index contributed by atoms with van der Waals surface area (Å²) in [5, 5.41) is 2.59. The largest absolute Gasteiger partial charge is 0.381 e. The summed E-state index contributed by atoms with van der Waals surface area (Å²) in [4.78, 5) is 35.0. The summed E-state index contributed by atoms with van der Waals surface area (Å²) < 4.78 is 7.33. The third-order valence-electron chi connectivity index (χ3n) is 3.08. The number of aromatic nitrogens is 2. The Hall–Kier alpha value is -1.89. The maximum atomic E-state index is 11.9. The fraction of sp³-hybridized carbons (Fsp3) is 0.545. The fourth-order valence-electron chi connectivity index (χ4n) is 1.82. The number of carbonyl (C=O) groups excluding carboxylic acids is 1. The van der Waals surface area contributed by atoms with Crippen molar-refractivity contribution in [3.8, 4) is 0 Å². The van der Waals surface area contributed by atoms with Crippen LogP contribution in [0.2, 0.25) is 0 Å². The van der Waals surface area contributed by atoms with Gasteiger partial charge in [0.25, 0.3) is 5.56 Å². The van der Waals surface area contributed by atoms with Crippen molar-refractivity contribution in [3.63, 3.8) is 0 Å². The minimum absolute atomic E-state index is 0.208. The average Bonchev–Trinajstić information content (AvgIpc) is 2.87. The highest BCUT2D eigenvalue weighted by Crippen LogP contribution is 2.14. The van der Waals surface area contributed by atoms with Gasteiger partial charge in [0.1, 0.15) is 5.82 Å². The lowest BCUT2D eigenvalue weighted by molar-refractivity contribution is -0.119. The van der Waals surface area contributed by atoms with Crippen molar-refractivity contribution in [1.29, 1.82) is 0 Å². The number of carbonyl (C=O) groups is 1. The molecule has 1 aliphatic heterocycles. The van der Waals surface area contributed by atoms with Gasteiger partial charge < -0.3 is 10.1 Å². The maximum Gasteiger partial charge on any atom is 0.332 e. The van der Waals surface area contributed by atoms with E-state index in [0.29, 0.717) is 19.6 Å². The van der Waals surface area contributed by atoms with Crippen LogP contribution in [0.4, 0.5) is 5.82 Å². The van der Waals surface area contributed by atoms with E-state index in [2.05, 4.69) is 5.32 Å². The lowest BCUT2D eigenvalue weighted by Gasteiger charge is -2.12. The zero-order valence-corrected chi connectivity index (χ0v) is 10.3. The first-order valence-electron chi connectivity index (χ1n) is 5.66. The van der Waals surface area contributed by atoms with Gasteiger partial charge in [-0.15, -0.1) is 0 Å². The Morgan fingerprint density at radius 2 is 2.11 bits per heavy atom. The zero-order chi connectivity index (χ0) is 13.3. The molecule has 1 saturated heterocycles. The quantitative estimate of drug-likeness (QED) is 0.737. The Morgan fingerprint density at radius 3 is 2.72 bits per heavy atom. The predicted molar refractivity (Wildman–Crippen MR) is 64.5 cm³/mol. The van der Waals surface area contributed by atoms with Gasteiger partial charge in [-0.05, 0) is 6.42 Å². The Labute approximate surface area is 103 Å². The van der Waals surface area contributed by atoms with E-state index < -0.39 is 11.2 Å². The van der Waals surface area contributed by atoms with E-state index in [1.807, 2.05) is 0 Å². The topological polar surface area (TPSA) is 82.3 Å². The molecule has 0 aliphatic carbocycles. The molecular formula is C11H15N3O4. The van der Waals surface area contributed by atoms with E-state index in [1.54, 1.807) is 0 Å². The second kappa shape index (κ2) is 4.77. The van der Waals surface area contributed by atoms with Crippen LogP contribution in [0, 0.1) is 5.92 Å². The van der Waals surface area contributed by atoms with E-state index in [0.717, 1.165) is 4.57 Å². The van der Waals surface area contributed by atoms with Crippen molar-refractivity contribution < 1.29 is 9.53 Å². The molecule has 1 atom stereocenters. The van der Waals surface area contributed by atoms with Gasteiger partial charge in [0.2, 0.25) is 5.91 Å². The molecule has 0 aromatic carbocycles. The molecule has 0 saturated carbocycles. The first-order valence-corrected chi connectivity index (χ1v) is 5.66. The molecule has 1 unspecified atom stereocenters. The highest BCUT2D eigenvalue weighted by atomic mass is 16.5. The van der Waals surface area contributed by atoms with E-state index in [4.69, 9.17) is 4.74 Å². The average molecular weight is 253 g/mol. The van der Waals surface area contributed by atoms with Crippen LogP contribution in [-0.2, 0) is 23.6 Å². The van der Waals surface area contributed by atoms with Gasteiger partial charge in [0.05, 0.1) is 12.5 Å². The van der Waals surface area contributed by atoms with Gasteiger partial charge in [-0.3, -0.25) is 18.7 Å². The predicted octanol–water partition coefficient (Wildman–Crippen LogP) is -0.941. The summed E-state index contributed by atoms with van der Waals surface area (Å²) in [7, 11) is 2.89. The normalized spacial score (nSPS) is 18.9. The smallest absolute Gasteiger partial charge is 0.332 e. The van der Waals surface area contributed by atoms with Gasteiger partial charge in [0, 0.05) is 26.8 Å². The number of ether oxygens (including phenoxy) is 1. The van der Waals surface area contributed by atoms with Crippen molar-refractivity contribution in [2.75, 3.05) is 18.5 Å². The Bertz CT molecular complexity index is 581. The summed E-state index contributed by atoms with van der Waals surface area (Å²) in [5.41, 5.74) is -0.920. The summed E-state index contributed by atoms with van der Waals surface area (Å²) in [6, 6.07) is 1.23. The van der Waals surface area contributed by atoms with Crippen LogP contribution in [0.3, 0.4) is 0 Å². The Morgan fingerprint density at radius 1 is 1.39 bits per heavy atom. The number of hydrogen-bond acceptors (Lipinski definition) is 4. The lowest BCUT2D eigenvalue weighted by atomic mass is 10.1. The molecule has 1 aromatic rings. The molecule has 0 bridgehead atoms. The van der Waals surface area contributed by atoms with Crippen LogP contribution in [0.1, 0.15) is 6.42 Å². The van der Waals surface area contributed by atoms with Gasteiger partial charge in [0.15, 0.2) is 0 Å². The van der Waals surface area contributed by atoms with Crippen molar-refractivity contribution in [3.05, 3.63) is 26.9 Å². The molecule has 2 heterocycles. The molecular weight excluding hydrogens is 238 g/mol. The van der Waals surface area contributed by atoms with Crippen molar-refractivity contribution in [1.82, 2.24) is 9.13 Å². The molecule has 1 aliphatic rings. The molecule has 0 radical (unpaired) electrons. The summed E-state index contributed by atoms with van der Waals surface area (Å²) in [6.45, 7) is 0.943. The van der Waals surface area contributed by atoms with Crippen LogP contribution in [-0.4, -0.2) is 28.3 Å². The van der Waals surface area contributed by atoms with E-state index in [1.165, 1.54) is 24.7 Å². The molecule has 1 amide bonds. The van der Waals surface area contributed by atoms with Crippen molar-refractivity contribution in [2.45, 2.75) is 6.42 Å². The highest BCUT2D eigenvalue weighted by molar-refractivity contribution is 5.91. The van der Waals surface area contributed by atoms with E-state index in [-0.39, 0.29) is 17.6 Å².